The van der Waals surface area contributed by atoms with Gasteiger partial charge in [-0.2, -0.15) is 0 Å². The minimum Gasteiger partial charge on any atom is -0.369 e. The SMILES string of the molecule is Cc1ccc2c(Nc3ccc(N4CCN(CC(C)C)CC4)cc3)ccnc2c1. The summed E-state index contributed by atoms with van der Waals surface area (Å²) in [7, 11) is 0. The molecule has 3 aromatic rings. The fraction of sp³-hybridized carbons (Fsp3) is 0.375. The number of nitrogens with one attached hydrogen (secondary N) is 1. The molecule has 0 amide bonds. The first-order valence-electron chi connectivity index (χ1n) is 10.3. The van der Waals surface area contributed by atoms with Crippen LogP contribution in [0.25, 0.3) is 10.9 Å². The first kappa shape index (κ1) is 18.8. The molecule has 0 atom stereocenters. The average molecular weight is 375 g/mol. The second kappa shape index (κ2) is 8.19. The van der Waals surface area contributed by atoms with Crippen LogP contribution in [0.3, 0.4) is 0 Å². The topological polar surface area (TPSA) is 31.4 Å². The van der Waals surface area contributed by atoms with Crippen molar-refractivity contribution in [3.63, 3.8) is 0 Å². The lowest BCUT2D eigenvalue weighted by Crippen LogP contribution is -2.47. The molecule has 28 heavy (non-hydrogen) atoms. The fourth-order valence-corrected chi connectivity index (χ4v) is 3.98. The Kier molecular flexibility index (Phi) is 5.49. The van der Waals surface area contributed by atoms with Crippen LogP contribution >= 0.6 is 0 Å². The third-order valence-corrected chi connectivity index (χ3v) is 5.41. The highest BCUT2D eigenvalue weighted by Gasteiger charge is 2.17. The Balaban J connectivity index is 1.43. The maximum absolute atomic E-state index is 4.49. The molecule has 4 heteroatoms. The van der Waals surface area contributed by atoms with Crippen LogP contribution in [0.15, 0.2) is 54.7 Å². The summed E-state index contributed by atoms with van der Waals surface area (Å²) in [6, 6.07) is 17.3. The molecule has 0 spiro atoms. The number of rotatable bonds is 5. The largest absolute Gasteiger partial charge is 0.369 e. The van der Waals surface area contributed by atoms with Crippen LogP contribution in [0.1, 0.15) is 19.4 Å². The van der Waals surface area contributed by atoms with Gasteiger partial charge in [-0.15, -0.1) is 0 Å². The minimum absolute atomic E-state index is 0.741. The Labute approximate surface area is 168 Å². The van der Waals surface area contributed by atoms with Gasteiger partial charge in [0.2, 0.25) is 0 Å². The van der Waals surface area contributed by atoms with Crippen LogP contribution in [0, 0.1) is 12.8 Å². The van der Waals surface area contributed by atoms with Gasteiger partial charge < -0.3 is 10.2 Å². The first-order chi connectivity index (χ1) is 13.6. The summed E-state index contributed by atoms with van der Waals surface area (Å²) in [5.74, 6) is 0.741. The molecule has 0 radical (unpaired) electrons. The standard InChI is InChI=1S/C24H30N4/c1-18(2)17-27-12-14-28(15-13-27)21-7-5-20(6-8-21)26-23-10-11-25-24-16-19(3)4-9-22(23)24/h4-11,16,18H,12-15,17H2,1-3H3,(H,25,26). The lowest BCUT2D eigenvalue weighted by Gasteiger charge is -2.36. The summed E-state index contributed by atoms with van der Waals surface area (Å²) in [6.07, 6.45) is 1.87. The molecule has 1 fully saturated rings. The second-order valence-electron chi connectivity index (χ2n) is 8.23. The van der Waals surface area contributed by atoms with Crippen LogP contribution in [0.2, 0.25) is 0 Å². The van der Waals surface area contributed by atoms with E-state index in [9.17, 15) is 0 Å². The maximum Gasteiger partial charge on any atom is 0.0725 e. The molecule has 0 unspecified atom stereocenters. The highest BCUT2D eigenvalue weighted by Crippen LogP contribution is 2.27. The van der Waals surface area contributed by atoms with Crippen molar-refractivity contribution < 1.29 is 0 Å². The van der Waals surface area contributed by atoms with Crippen molar-refractivity contribution in [3.05, 3.63) is 60.3 Å². The van der Waals surface area contributed by atoms with Gasteiger partial charge in [0, 0.05) is 61.4 Å². The Morgan fingerprint density at radius 3 is 2.43 bits per heavy atom. The molecule has 1 saturated heterocycles. The zero-order chi connectivity index (χ0) is 19.5. The van der Waals surface area contributed by atoms with E-state index in [1.807, 2.05) is 12.3 Å². The quantitative estimate of drug-likeness (QED) is 0.676. The molecular weight excluding hydrogens is 344 g/mol. The van der Waals surface area contributed by atoms with Crippen LogP contribution < -0.4 is 10.2 Å². The van der Waals surface area contributed by atoms with Crippen LogP contribution in [-0.2, 0) is 0 Å². The lowest BCUT2D eigenvalue weighted by atomic mass is 10.1. The smallest absolute Gasteiger partial charge is 0.0725 e. The maximum atomic E-state index is 4.49. The molecule has 0 bridgehead atoms. The summed E-state index contributed by atoms with van der Waals surface area (Å²) in [5, 5.41) is 4.71. The molecule has 1 N–H and O–H groups in total. The minimum atomic E-state index is 0.741. The fourth-order valence-electron chi connectivity index (χ4n) is 3.98. The third-order valence-electron chi connectivity index (χ3n) is 5.41. The summed E-state index contributed by atoms with van der Waals surface area (Å²) >= 11 is 0. The van der Waals surface area contributed by atoms with Crippen molar-refractivity contribution in [1.82, 2.24) is 9.88 Å². The Morgan fingerprint density at radius 1 is 0.964 bits per heavy atom. The van der Waals surface area contributed by atoms with E-state index in [1.54, 1.807) is 0 Å². The van der Waals surface area contributed by atoms with E-state index in [4.69, 9.17) is 0 Å². The van der Waals surface area contributed by atoms with Crippen molar-refractivity contribution in [1.29, 1.82) is 0 Å². The zero-order valence-electron chi connectivity index (χ0n) is 17.2. The van der Waals surface area contributed by atoms with Gasteiger partial charge in [0.1, 0.15) is 0 Å². The number of hydrogen-bond acceptors (Lipinski definition) is 4. The van der Waals surface area contributed by atoms with Gasteiger partial charge in [-0.1, -0.05) is 26.0 Å². The van der Waals surface area contributed by atoms with Gasteiger partial charge >= 0.3 is 0 Å². The van der Waals surface area contributed by atoms with E-state index in [0.29, 0.717) is 0 Å². The van der Waals surface area contributed by atoms with E-state index < -0.39 is 0 Å². The summed E-state index contributed by atoms with van der Waals surface area (Å²) in [5.41, 5.74) is 5.77. The Morgan fingerprint density at radius 2 is 1.71 bits per heavy atom. The van der Waals surface area contributed by atoms with Crippen molar-refractivity contribution >= 4 is 28.0 Å². The number of aryl methyl sites for hydroxylation is 1. The number of pyridine rings is 1. The van der Waals surface area contributed by atoms with E-state index in [0.717, 1.165) is 54.4 Å². The number of aromatic nitrogens is 1. The van der Waals surface area contributed by atoms with E-state index >= 15 is 0 Å². The number of nitrogens with zero attached hydrogens (tertiary/aromatic N) is 3. The third kappa shape index (κ3) is 4.28. The normalized spacial score (nSPS) is 15.4. The van der Waals surface area contributed by atoms with Crippen LogP contribution in [0.5, 0.6) is 0 Å². The van der Waals surface area contributed by atoms with Gasteiger partial charge in [0.05, 0.1) is 5.52 Å². The molecule has 4 nitrogen and oxygen atoms in total. The Hall–Kier alpha value is -2.59. The number of benzene rings is 2. The summed E-state index contributed by atoms with van der Waals surface area (Å²) in [6.45, 7) is 12.4. The predicted octanol–water partition coefficient (Wildman–Crippen LogP) is 5.06. The van der Waals surface area contributed by atoms with Crippen LogP contribution in [-0.4, -0.2) is 42.6 Å². The predicted molar refractivity (Wildman–Crippen MR) is 120 cm³/mol. The molecule has 4 rings (SSSR count). The molecule has 0 saturated carbocycles. The monoisotopic (exact) mass is 374 g/mol. The molecular formula is C24H30N4. The average Bonchev–Trinajstić information content (AvgIpc) is 2.69. The van der Waals surface area contributed by atoms with Gasteiger partial charge in [-0.05, 0) is 54.8 Å². The van der Waals surface area contributed by atoms with Gasteiger partial charge in [0.15, 0.2) is 0 Å². The zero-order valence-corrected chi connectivity index (χ0v) is 17.2. The van der Waals surface area contributed by atoms with Crippen molar-refractivity contribution in [2.45, 2.75) is 20.8 Å². The van der Waals surface area contributed by atoms with Crippen molar-refractivity contribution in [3.8, 4) is 0 Å². The lowest BCUT2D eigenvalue weighted by molar-refractivity contribution is 0.231. The van der Waals surface area contributed by atoms with Crippen LogP contribution in [0.4, 0.5) is 17.1 Å². The van der Waals surface area contributed by atoms with E-state index in [-0.39, 0.29) is 0 Å². The van der Waals surface area contributed by atoms with Crippen molar-refractivity contribution in [2.24, 2.45) is 5.92 Å². The van der Waals surface area contributed by atoms with E-state index in [2.05, 4.69) is 83.3 Å². The molecule has 1 aliphatic rings. The number of piperazine rings is 1. The summed E-state index contributed by atoms with van der Waals surface area (Å²) < 4.78 is 0. The molecule has 2 aromatic carbocycles. The van der Waals surface area contributed by atoms with Crippen molar-refractivity contribution in [2.75, 3.05) is 42.9 Å². The molecule has 146 valence electrons. The van der Waals surface area contributed by atoms with Gasteiger partial charge in [0.25, 0.3) is 0 Å². The van der Waals surface area contributed by atoms with Gasteiger partial charge in [-0.3, -0.25) is 9.88 Å². The number of anilines is 3. The second-order valence-corrected chi connectivity index (χ2v) is 8.23. The molecule has 1 aliphatic heterocycles. The summed E-state index contributed by atoms with van der Waals surface area (Å²) in [4.78, 5) is 9.56. The first-order valence-corrected chi connectivity index (χ1v) is 10.3. The highest BCUT2D eigenvalue weighted by molar-refractivity contribution is 5.93. The Bertz CT molecular complexity index is 925. The molecule has 2 heterocycles. The number of hydrogen-bond donors (Lipinski definition) is 1. The highest BCUT2D eigenvalue weighted by atomic mass is 15.3. The molecule has 1 aromatic heterocycles. The number of fused-ring (bicyclic) bond motifs is 1. The van der Waals surface area contributed by atoms with E-state index in [1.165, 1.54) is 17.8 Å². The molecule has 0 aliphatic carbocycles. The van der Waals surface area contributed by atoms with Gasteiger partial charge in [-0.25, -0.2) is 0 Å².